The molecule has 0 aromatic heterocycles. The molecular formula is C5H14BeO. The van der Waals surface area contributed by atoms with Crippen LogP contribution in [0.15, 0.2) is 0 Å². The van der Waals surface area contributed by atoms with Crippen molar-refractivity contribution in [1.82, 2.24) is 0 Å². The number of hydrogen-bond acceptors (Lipinski definition) is 1. The van der Waals surface area contributed by atoms with Gasteiger partial charge in [0, 0.05) is 13.2 Å². The SMILES string of the molecule is CCCOCC.[BeH2]. The van der Waals surface area contributed by atoms with Gasteiger partial charge in [0.1, 0.15) is 0 Å². The molecule has 0 saturated heterocycles. The van der Waals surface area contributed by atoms with Crippen LogP contribution in [0.3, 0.4) is 0 Å². The van der Waals surface area contributed by atoms with Gasteiger partial charge < -0.3 is 4.74 Å². The van der Waals surface area contributed by atoms with Gasteiger partial charge in [-0.05, 0) is 13.3 Å². The quantitative estimate of drug-likeness (QED) is 0.370. The number of hydrogen-bond donors (Lipinski definition) is 0. The van der Waals surface area contributed by atoms with Gasteiger partial charge in [0.2, 0.25) is 0 Å². The normalized spacial score (nSPS) is 7.71. The monoisotopic (exact) mass is 99.1 g/mol. The molecule has 0 heterocycles. The summed E-state index contributed by atoms with van der Waals surface area (Å²) < 4.78 is 4.98. The Bertz CT molecular complexity index is 20.0. The third-order valence-electron chi connectivity index (χ3n) is 0.553. The molecule has 0 aliphatic rings. The van der Waals surface area contributed by atoms with Crippen molar-refractivity contribution < 1.29 is 4.74 Å². The van der Waals surface area contributed by atoms with E-state index in [1.54, 1.807) is 0 Å². The molecule has 0 aromatic rings. The van der Waals surface area contributed by atoms with Crippen molar-refractivity contribution in [2.45, 2.75) is 20.3 Å². The molecule has 0 unspecified atom stereocenters. The molecule has 0 radical (unpaired) electrons. The van der Waals surface area contributed by atoms with Gasteiger partial charge >= 0.3 is 10.1 Å². The zero-order chi connectivity index (χ0) is 4.83. The van der Waals surface area contributed by atoms with Crippen LogP contribution in [0.25, 0.3) is 0 Å². The second kappa shape index (κ2) is 9.46. The molecule has 0 spiro atoms. The van der Waals surface area contributed by atoms with Gasteiger partial charge in [-0.15, -0.1) is 0 Å². The summed E-state index contributed by atoms with van der Waals surface area (Å²) in [6.45, 7) is 5.88. The Balaban J connectivity index is 0. The minimum atomic E-state index is 0. The van der Waals surface area contributed by atoms with Gasteiger partial charge in [-0.2, -0.15) is 0 Å². The Morgan fingerprint density at radius 2 is 1.86 bits per heavy atom. The van der Waals surface area contributed by atoms with Crippen LogP contribution in [0.5, 0.6) is 0 Å². The van der Waals surface area contributed by atoms with Crippen LogP contribution in [-0.4, -0.2) is 23.3 Å². The molecule has 0 fully saturated rings. The van der Waals surface area contributed by atoms with Crippen molar-refractivity contribution in [2.24, 2.45) is 0 Å². The molecule has 7 heavy (non-hydrogen) atoms. The van der Waals surface area contributed by atoms with Crippen molar-refractivity contribution >= 4 is 10.1 Å². The molecule has 0 N–H and O–H groups in total. The molecule has 0 aromatic carbocycles. The van der Waals surface area contributed by atoms with Gasteiger partial charge in [0.25, 0.3) is 0 Å². The maximum atomic E-state index is 4.98. The van der Waals surface area contributed by atoms with Crippen molar-refractivity contribution in [1.29, 1.82) is 0 Å². The second-order valence-electron chi connectivity index (χ2n) is 1.20. The average molecular weight is 99.2 g/mol. The molecule has 0 amide bonds. The summed E-state index contributed by atoms with van der Waals surface area (Å²) in [7, 11) is 0. The molecule has 0 rings (SSSR count). The Morgan fingerprint density at radius 3 is 2.00 bits per heavy atom. The standard InChI is InChI=1S/C5H12O.Be.2H/c1-3-5-6-4-2;;;/h3-5H2,1-2H3;;;. The molecule has 0 aliphatic heterocycles. The number of ether oxygens (including phenoxy) is 1. The van der Waals surface area contributed by atoms with E-state index in [0.717, 1.165) is 19.6 Å². The van der Waals surface area contributed by atoms with E-state index in [2.05, 4.69) is 6.92 Å². The second-order valence-corrected chi connectivity index (χ2v) is 1.20. The Kier molecular flexibility index (Phi) is 13.8. The van der Waals surface area contributed by atoms with E-state index in [0.29, 0.717) is 0 Å². The van der Waals surface area contributed by atoms with Crippen LogP contribution in [-0.2, 0) is 4.74 Å². The van der Waals surface area contributed by atoms with Gasteiger partial charge in [-0.1, -0.05) is 6.92 Å². The molecule has 2 heteroatoms. The molecule has 0 atom stereocenters. The maximum absolute atomic E-state index is 4.98. The van der Waals surface area contributed by atoms with Crippen LogP contribution in [0.2, 0.25) is 0 Å². The first-order valence-electron chi connectivity index (χ1n) is 2.49. The van der Waals surface area contributed by atoms with E-state index in [4.69, 9.17) is 4.74 Å². The third-order valence-corrected chi connectivity index (χ3v) is 0.553. The van der Waals surface area contributed by atoms with Crippen molar-refractivity contribution in [2.75, 3.05) is 13.2 Å². The van der Waals surface area contributed by atoms with Crippen molar-refractivity contribution in [3.8, 4) is 0 Å². The summed E-state index contributed by atoms with van der Waals surface area (Å²) in [5.74, 6) is 0. The van der Waals surface area contributed by atoms with E-state index < -0.39 is 0 Å². The Hall–Kier alpha value is 0.129. The molecule has 0 aliphatic carbocycles. The van der Waals surface area contributed by atoms with Crippen molar-refractivity contribution in [3.63, 3.8) is 0 Å². The fourth-order valence-electron chi connectivity index (χ4n) is 0.289. The molecular weight excluding hydrogens is 85.1 g/mol. The average Bonchev–Trinajstić information content (AvgIpc) is 1.61. The van der Waals surface area contributed by atoms with Crippen molar-refractivity contribution in [3.05, 3.63) is 0 Å². The predicted molar refractivity (Wildman–Crippen MR) is 35.3 cm³/mol. The summed E-state index contributed by atoms with van der Waals surface area (Å²) >= 11 is 0. The fraction of sp³-hybridized carbons (Fsp3) is 1.00. The first-order valence-corrected chi connectivity index (χ1v) is 2.49. The molecule has 42 valence electrons. The van der Waals surface area contributed by atoms with Gasteiger partial charge in [-0.25, -0.2) is 0 Å². The zero-order valence-electron chi connectivity index (χ0n) is 4.53. The van der Waals surface area contributed by atoms with Crippen LogP contribution >= 0.6 is 0 Å². The Labute approximate surface area is 49.3 Å². The summed E-state index contributed by atoms with van der Waals surface area (Å²) in [4.78, 5) is 0. The molecule has 0 saturated carbocycles. The van der Waals surface area contributed by atoms with E-state index in [-0.39, 0.29) is 10.1 Å². The van der Waals surface area contributed by atoms with E-state index in [1.165, 1.54) is 0 Å². The topological polar surface area (TPSA) is 9.23 Å². The van der Waals surface area contributed by atoms with Gasteiger partial charge in [-0.3, -0.25) is 0 Å². The summed E-state index contributed by atoms with van der Waals surface area (Å²) in [6, 6.07) is 0. The van der Waals surface area contributed by atoms with E-state index in [1.807, 2.05) is 6.92 Å². The third kappa shape index (κ3) is 10.7. The van der Waals surface area contributed by atoms with Gasteiger partial charge in [0.05, 0.1) is 0 Å². The van der Waals surface area contributed by atoms with Crippen LogP contribution in [0, 0.1) is 0 Å². The molecule has 1 nitrogen and oxygen atoms in total. The summed E-state index contributed by atoms with van der Waals surface area (Å²) in [5.41, 5.74) is 0. The zero-order valence-corrected chi connectivity index (χ0v) is 4.53. The summed E-state index contributed by atoms with van der Waals surface area (Å²) in [5, 5.41) is 0. The first kappa shape index (κ1) is 10.2. The molecule has 0 bridgehead atoms. The fourth-order valence-corrected chi connectivity index (χ4v) is 0.289. The Morgan fingerprint density at radius 1 is 1.29 bits per heavy atom. The summed E-state index contributed by atoms with van der Waals surface area (Å²) in [6.07, 6.45) is 1.13. The predicted octanol–water partition coefficient (Wildman–Crippen LogP) is 0.517. The van der Waals surface area contributed by atoms with Crippen LogP contribution in [0.4, 0.5) is 0 Å². The van der Waals surface area contributed by atoms with Crippen LogP contribution < -0.4 is 0 Å². The minimum absolute atomic E-state index is 0. The van der Waals surface area contributed by atoms with Crippen LogP contribution in [0.1, 0.15) is 20.3 Å². The van der Waals surface area contributed by atoms with E-state index >= 15 is 0 Å². The van der Waals surface area contributed by atoms with Gasteiger partial charge in [0.15, 0.2) is 0 Å². The van der Waals surface area contributed by atoms with E-state index in [9.17, 15) is 0 Å². The number of rotatable bonds is 3. The first-order chi connectivity index (χ1) is 2.91.